The first kappa shape index (κ1) is 19.2. The van der Waals surface area contributed by atoms with E-state index in [0.29, 0.717) is 22.2 Å². The third kappa shape index (κ3) is 4.59. The van der Waals surface area contributed by atoms with Gasteiger partial charge in [0.2, 0.25) is 5.91 Å². The summed E-state index contributed by atoms with van der Waals surface area (Å²) >= 11 is 6.28. The Balaban J connectivity index is 1.98. The average molecular weight is 388 g/mol. The number of benzene rings is 2. The van der Waals surface area contributed by atoms with Crippen molar-refractivity contribution in [3.63, 3.8) is 0 Å². The van der Waals surface area contributed by atoms with Gasteiger partial charge >= 0.3 is 5.97 Å². The number of nitrogens with two attached hydrogens (primary N) is 1. The average Bonchev–Trinajstić information content (AvgIpc) is 3.50. The summed E-state index contributed by atoms with van der Waals surface area (Å²) in [7, 11) is 1.56. The van der Waals surface area contributed by atoms with Crippen molar-refractivity contribution >= 4 is 29.2 Å². The molecule has 27 heavy (non-hydrogen) atoms. The highest BCUT2D eigenvalue weighted by Gasteiger charge is 2.27. The molecule has 0 heterocycles. The van der Waals surface area contributed by atoms with Gasteiger partial charge in [-0.2, -0.15) is 0 Å². The Kier molecular flexibility index (Phi) is 5.68. The largest absolute Gasteiger partial charge is 0.478 e. The molecule has 0 aromatic heterocycles. The number of rotatable bonds is 7. The Morgan fingerprint density at radius 3 is 2.56 bits per heavy atom. The number of carboxylic acid groups (broad SMARTS) is 1. The van der Waals surface area contributed by atoms with Gasteiger partial charge in [0.1, 0.15) is 6.04 Å². The van der Waals surface area contributed by atoms with Gasteiger partial charge in [0, 0.05) is 24.3 Å². The molecule has 1 fully saturated rings. The van der Waals surface area contributed by atoms with Crippen LogP contribution in [-0.2, 0) is 11.3 Å². The maximum absolute atomic E-state index is 12.5. The van der Waals surface area contributed by atoms with Crippen molar-refractivity contribution in [3.8, 4) is 0 Å². The standard InChI is InChI=1S/C20H22ClN3O3/c1-23-19(25)18(14-6-13(12-2-3-12)7-16(21)8-14)24-17-5-11(10-22)4-15(9-17)20(26)27/h4-9,12,18,24H,2-3,10,22H2,1H3,(H,23,25)(H,26,27)/t18-/m1/s1. The van der Waals surface area contributed by atoms with E-state index >= 15 is 0 Å². The van der Waals surface area contributed by atoms with Crippen LogP contribution in [-0.4, -0.2) is 24.0 Å². The number of hydrogen-bond donors (Lipinski definition) is 4. The van der Waals surface area contributed by atoms with Crippen LogP contribution in [0, 0.1) is 0 Å². The van der Waals surface area contributed by atoms with E-state index in [4.69, 9.17) is 17.3 Å². The third-order valence-electron chi connectivity index (χ3n) is 4.62. The van der Waals surface area contributed by atoms with E-state index in [9.17, 15) is 14.7 Å². The Bertz CT molecular complexity index is 881. The molecule has 142 valence electrons. The number of nitrogens with one attached hydrogen (secondary N) is 2. The highest BCUT2D eigenvalue weighted by molar-refractivity contribution is 6.30. The summed E-state index contributed by atoms with van der Waals surface area (Å²) in [5, 5.41) is 15.7. The van der Waals surface area contributed by atoms with Crippen molar-refractivity contribution in [2.45, 2.75) is 31.3 Å². The summed E-state index contributed by atoms with van der Waals surface area (Å²) in [5.74, 6) is -0.801. The van der Waals surface area contributed by atoms with Gasteiger partial charge in [-0.15, -0.1) is 0 Å². The van der Waals surface area contributed by atoms with Crippen LogP contribution in [0.2, 0.25) is 5.02 Å². The Labute approximate surface area is 162 Å². The van der Waals surface area contributed by atoms with Crippen molar-refractivity contribution in [2.75, 3.05) is 12.4 Å². The van der Waals surface area contributed by atoms with Crippen LogP contribution >= 0.6 is 11.6 Å². The first-order valence-corrected chi connectivity index (χ1v) is 9.15. The van der Waals surface area contributed by atoms with Gasteiger partial charge in [0.15, 0.2) is 0 Å². The molecule has 7 heteroatoms. The summed E-state index contributed by atoms with van der Waals surface area (Å²) in [6.45, 7) is 0.198. The van der Waals surface area contributed by atoms with Gasteiger partial charge in [-0.25, -0.2) is 4.79 Å². The molecular weight excluding hydrogens is 366 g/mol. The van der Waals surface area contributed by atoms with Gasteiger partial charge in [-0.05, 0) is 65.8 Å². The molecule has 0 spiro atoms. The van der Waals surface area contributed by atoms with Crippen molar-refractivity contribution in [3.05, 3.63) is 63.7 Å². The fraction of sp³-hybridized carbons (Fsp3) is 0.300. The zero-order valence-electron chi connectivity index (χ0n) is 15.0. The highest BCUT2D eigenvalue weighted by Crippen LogP contribution is 2.42. The topological polar surface area (TPSA) is 104 Å². The minimum absolute atomic E-state index is 0.112. The molecular formula is C20H22ClN3O3. The Hall–Kier alpha value is -2.57. The molecule has 1 saturated carbocycles. The van der Waals surface area contributed by atoms with E-state index in [2.05, 4.69) is 10.6 Å². The fourth-order valence-electron chi connectivity index (χ4n) is 3.08. The van der Waals surface area contributed by atoms with E-state index < -0.39 is 12.0 Å². The van der Waals surface area contributed by atoms with E-state index in [0.717, 1.165) is 24.0 Å². The number of hydrogen-bond acceptors (Lipinski definition) is 4. The SMILES string of the molecule is CNC(=O)[C@H](Nc1cc(CN)cc(C(=O)O)c1)c1cc(Cl)cc(C2CC2)c1. The number of aromatic carboxylic acids is 1. The zero-order valence-corrected chi connectivity index (χ0v) is 15.7. The second-order valence-electron chi connectivity index (χ2n) is 6.71. The van der Waals surface area contributed by atoms with Gasteiger partial charge in [0.05, 0.1) is 5.56 Å². The van der Waals surface area contributed by atoms with Crippen LogP contribution in [0.1, 0.15) is 51.8 Å². The maximum atomic E-state index is 12.5. The summed E-state index contributed by atoms with van der Waals surface area (Å²) < 4.78 is 0. The molecule has 1 atom stereocenters. The predicted octanol–water partition coefficient (Wildman–Crippen LogP) is 3.27. The molecule has 0 saturated heterocycles. The summed E-state index contributed by atoms with van der Waals surface area (Å²) in [4.78, 5) is 23.9. The minimum atomic E-state index is -1.05. The molecule has 0 unspecified atom stereocenters. The molecule has 1 aliphatic carbocycles. The van der Waals surface area contributed by atoms with Crippen molar-refractivity contribution in [1.82, 2.24) is 5.32 Å². The smallest absolute Gasteiger partial charge is 0.335 e. The van der Waals surface area contributed by atoms with Crippen LogP contribution in [0.4, 0.5) is 5.69 Å². The number of halogens is 1. The Morgan fingerprint density at radius 1 is 1.22 bits per heavy atom. The lowest BCUT2D eigenvalue weighted by molar-refractivity contribution is -0.121. The Morgan fingerprint density at radius 2 is 1.96 bits per heavy atom. The first-order chi connectivity index (χ1) is 12.9. The first-order valence-electron chi connectivity index (χ1n) is 8.77. The second kappa shape index (κ2) is 7.98. The van der Waals surface area contributed by atoms with E-state index in [-0.39, 0.29) is 18.0 Å². The van der Waals surface area contributed by atoms with Gasteiger partial charge < -0.3 is 21.5 Å². The highest BCUT2D eigenvalue weighted by atomic mass is 35.5. The lowest BCUT2D eigenvalue weighted by atomic mass is 10.00. The van der Waals surface area contributed by atoms with Gasteiger partial charge in [-0.1, -0.05) is 17.7 Å². The van der Waals surface area contributed by atoms with E-state index in [1.807, 2.05) is 12.1 Å². The number of anilines is 1. The molecule has 3 rings (SSSR count). The molecule has 6 nitrogen and oxygen atoms in total. The molecule has 1 amide bonds. The summed E-state index contributed by atoms with van der Waals surface area (Å²) in [6, 6.07) is 9.72. The van der Waals surface area contributed by atoms with Crippen LogP contribution in [0.5, 0.6) is 0 Å². The monoisotopic (exact) mass is 387 g/mol. The molecule has 1 aliphatic rings. The van der Waals surface area contributed by atoms with Crippen molar-refractivity contribution < 1.29 is 14.7 Å². The lowest BCUT2D eigenvalue weighted by Gasteiger charge is -2.21. The summed E-state index contributed by atoms with van der Waals surface area (Å²) in [5.41, 5.74) is 8.82. The van der Waals surface area contributed by atoms with Gasteiger partial charge in [-0.3, -0.25) is 4.79 Å². The second-order valence-corrected chi connectivity index (χ2v) is 7.15. The molecule has 0 bridgehead atoms. The molecule has 2 aromatic carbocycles. The number of carboxylic acids is 1. The van der Waals surface area contributed by atoms with E-state index in [1.165, 1.54) is 12.1 Å². The minimum Gasteiger partial charge on any atom is -0.478 e. The number of likely N-dealkylation sites (N-methyl/N-ethyl adjacent to an activating group) is 1. The van der Waals surface area contributed by atoms with Crippen LogP contribution in [0.25, 0.3) is 0 Å². The fourth-order valence-corrected chi connectivity index (χ4v) is 3.33. The lowest BCUT2D eigenvalue weighted by Crippen LogP contribution is -2.31. The van der Waals surface area contributed by atoms with Crippen LogP contribution in [0.3, 0.4) is 0 Å². The van der Waals surface area contributed by atoms with Crippen LogP contribution in [0.15, 0.2) is 36.4 Å². The normalized spacial score (nSPS) is 14.5. The molecule has 0 radical (unpaired) electrons. The zero-order chi connectivity index (χ0) is 19.6. The van der Waals surface area contributed by atoms with Crippen molar-refractivity contribution in [2.24, 2.45) is 5.73 Å². The number of carbonyl (C=O) groups excluding carboxylic acids is 1. The number of amides is 1. The molecule has 2 aromatic rings. The van der Waals surface area contributed by atoms with Crippen LogP contribution < -0.4 is 16.4 Å². The van der Waals surface area contributed by atoms with Gasteiger partial charge in [0.25, 0.3) is 0 Å². The maximum Gasteiger partial charge on any atom is 0.335 e. The molecule has 0 aliphatic heterocycles. The van der Waals surface area contributed by atoms with E-state index in [1.54, 1.807) is 19.2 Å². The van der Waals surface area contributed by atoms with Crippen molar-refractivity contribution in [1.29, 1.82) is 0 Å². The third-order valence-corrected chi connectivity index (χ3v) is 4.84. The predicted molar refractivity (Wildman–Crippen MR) is 105 cm³/mol. The number of carbonyl (C=O) groups is 2. The molecule has 5 N–H and O–H groups in total. The summed E-state index contributed by atoms with van der Waals surface area (Å²) in [6.07, 6.45) is 2.25. The quantitative estimate of drug-likeness (QED) is 0.583.